The average Bonchev–Trinajstić information content (AvgIpc) is 1.97. The summed E-state index contributed by atoms with van der Waals surface area (Å²) in [4.78, 5) is 0. The van der Waals surface area contributed by atoms with Crippen molar-refractivity contribution in [2.75, 3.05) is 5.75 Å². The Morgan fingerprint density at radius 2 is 1.77 bits per heavy atom. The summed E-state index contributed by atoms with van der Waals surface area (Å²) in [6, 6.07) is 0. The predicted molar refractivity (Wildman–Crippen MR) is 52.4 cm³/mol. The third-order valence-corrected chi connectivity index (χ3v) is 2.91. The van der Waals surface area contributed by atoms with Crippen LogP contribution in [0.25, 0.3) is 0 Å². The molecule has 0 saturated heterocycles. The number of hydrogen-bond donors (Lipinski definition) is 0. The second-order valence-corrected chi connectivity index (χ2v) is 5.18. The van der Waals surface area contributed by atoms with Crippen molar-refractivity contribution in [3.05, 3.63) is 0 Å². The summed E-state index contributed by atoms with van der Waals surface area (Å²) in [5.41, 5.74) is 0. The van der Waals surface area contributed by atoms with E-state index in [1.54, 1.807) is 0 Å². The molecule has 79 valence electrons. The lowest BCUT2D eigenvalue weighted by atomic mass is 10.00. The Balaban J connectivity index is 3.36. The summed E-state index contributed by atoms with van der Waals surface area (Å²) in [7, 11) is -3.98. The zero-order valence-corrected chi connectivity index (χ0v) is 9.27. The Bertz CT molecular complexity index is 209. The second-order valence-electron chi connectivity index (χ2n) is 3.65. The minimum Gasteiger partial charge on any atom is -0.197 e. The molecule has 1 unspecified atom stereocenters. The molecule has 0 aliphatic heterocycles. The van der Waals surface area contributed by atoms with Crippen molar-refractivity contribution in [1.82, 2.24) is 0 Å². The third-order valence-electron chi connectivity index (χ3n) is 2.12. The fraction of sp³-hybridized carbons (Fsp3) is 1.00. The van der Waals surface area contributed by atoms with Crippen LogP contribution in [-0.2, 0) is 14.7 Å². The lowest BCUT2D eigenvalue weighted by molar-refractivity contribution is 0.409. The molecule has 4 heteroatoms. The van der Waals surface area contributed by atoms with Gasteiger partial charge in [0.1, 0.15) is 0 Å². The molecule has 1 radical (unpaired) electrons. The molecule has 0 heterocycles. The van der Waals surface area contributed by atoms with E-state index < -0.39 is 10.1 Å². The first-order valence-corrected chi connectivity index (χ1v) is 6.47. The van der Waals surface area contributed by atoms with Crippen LogP contribution < -0.4 is 0 Å². The molecule has 0 aromatic rings. The summed E-state index contributed by atoms with van der Waals surface area (Å²) in [5, 5.41) is 0. The van der Waals surface area contributed by atoms with E-state index in [0.717, 1.165) is 12.8 Å². The van der Waals surface area contributed by atoms with E-state index >= 15 is 0 Å². The van der Waals surface area contributed by atoms with Gasteiger partial charge in [-0.2, -0.15) is 8.42 Å². The van der Waals surface area contributed by atoms with Gasteiger partial charge in [0.05, 0.1) is 5.75 Å². The summed E-state index contributed by atoms with van der Waals surface area (Å²) in [5.74, 6) is 0.450. The largest absolute Gasteiger partial charge is 0.294 e. The zero-order valence-electron chi connectivity index (χ0n) is 8.45. The van der Waals surface area contributed by atoms with E-state index in [-0.39, 0.29) is 5.75 Å². The van der Waals surface area contributed by atoms with E-state index in [0.29, 0.717) is 12.3 Å². The van der Waals surface area contributed by atoms with Crippen LogP contribution in [0.15, 0.2) is 0 Å². The maximum absolute atomic E-state index is 10.2. The van der Waals surface area contributed by atoms with Crippen molar-refractivity contribution in [1.29, 1.82) is 0 Å². The van der Waals surface area contributed by atoms with Gasteiger partial charge in [-0.25, -0.2) is 0 Å². The fourth-order valence-electron chi connectivity index (χ4n) is 1.41. The molecule has 0 fully saturated rings. The summed E-state index contributed by atoms with van der Waals surface area (Å²) < 4.78 is 30.7. The Morgan fingerprint density at radius 3 is 2.23 bits per heavy atom. The van der Waals surface area contributed by atoms with E-state index in [2.05, 4.69) is 13.8 Å². The van der Waals surface area contributed by atoms with Crippen molar-refractivity contribution in [2.45, 2.75) is 46.0 Å². The van der Waals surface area contributed by atoms with E-state index in [9.17, 15) is 13.0 Å². The van der Waals surface area contributed by atoms with Crippen LogP contribution in [0.1, 0.15) is 46.0 Å². The van der Waals surface area contributed by atoms with Gasteiger partial charge in [0.2, 0.25) is 0 Å². The highest BCUT2D eigenvalue weighted by atomic mass is 32.2. The van der Waals surface area contributed by atoms with Gasteiger partial charge < -0.3 is 0 Å². The minimum atomic E-state index is -3.98. The summed E-state index contributed by atoms with van der Waals surface area (Å²) in [6.07, 6.45) is 4.75. The molecule has 0 spiro atoms. The summed E-state index contributed by atoms with van der Waals surface area (Å²) in [6.45, 7) is 4.30. The minimum absolute atomic E-state index is 0.203. The lowest BCUT2D eigenvalue weighted by Crippen LogP contribution is -2.03. The topological polar surface area (TPSA) is 54.0 Å². The monoisotopic (exact) mass is 207 g/mol. The van der Waals surface area contributed by atoms with Crippen molar-refractivity contribution in [3.63, 3.8) is 0 Å². The molecule has 0 N–H and O–H groups in total. The SMILES string of the molecule is CCCC(C)CCCCS([O])(=O)=O. The first-order chi connectivity index (χ1) is 5.95. The molecular formula is C9H19O3S. The Morgan fingerprint density at radius 1 is 1.15 bits per heavy atom. The second kappa shape index (κ2) is 6.38. The Labute approximate surface area is 81.3 Å². The number of unbranched alkanes of at least 4 members (excludes halogenated alkanes) is 1. The molecule has 0 aliphatic rings. The molecule has 0 saturated carbocycles. The van der Waals surface area contributed by atoms with Crippen LogP contribution >= 0.6 is 0 Å². The van der Waals surface area contributed by atoms with Crippen LogP contribution in [0.3, 0.4) is 0 Å². The third kappa shape index (κ3) is 9.83. The highest BCUT2D eigenvalue weighted by Crippen LogP contribution is 2.13. The molecule has 0 amide bonds. The first kappa shape index (κ1) is 12.9. The number of hydrogen-bond acceptors (Lipinski definition) is 2. The molecule has 3 nitrogen and oxygen atoms in total. The summed E-state index contributed by atoms with van der Waals surface area (Å²) >= 11 is 0. The first-order valence-electron chi connectivity index (χ1n) is 4.89. The highest BCUT2D eigenvalue weighted by Gasteiger charge is 2.06. The van der Waals surface area contributed by atoms with E-state index in [1.807, 2.05) is 0 Å². The normalized spacial score (nSPS) is 14.4. The molecular weight excluding hydrogens is 188 g/mol. The molecule has 0 bridgehead atoms. The molecule has 0 aromatic carbocycles. The predicted octanol–water partition coefficient (Wildman–Crippen LogP) is 2.35. The van der Waals surface area contributed by atoms with Gasteiger partial charge in [-0.05, 0) is 12.3 Å². The fourth-order valence-corrected chi connectivity index (χ4v) is 1.97. The smallest absolute Gasteiger partial charge is 0.197 e. The van der Waals surface area contributed by atoms with Crippen LogP contribution in [-0.4, -0.2) is 14.2 Å². The molecule has 1 atom stereocenters. The molecule has 0 rings (SSSR count). The van der Waals surface area contributed by atoms with Gasteiger partial charge in [0, 0.05) is 0 Å². The Kier molecular flexibility index (Phi) is 6.33. The maximum atomic E-state index is 10.2. The van der Waals surface area contributed by atoms with E-state index in [4.69, 9.17) is 0 Å². The standard InChI is InChI=1S/C9H19O3S/c1-3-6-9(2)7-4-5-8-13(10,11)12/h9H,3-8H2,1-2H3. The quantitative estimate of drug-likeness (QED) is 0.602. The van der Waals surface area contributed by atoms with Gasteiger partial charge in [0.25, 0.3) is 10.1 Å². The zero-order chi connectivity index (χ0) is 10.3. The van der Waals surface area contributed by atoms with Crippen LogP contribution in [0.4, 0.5) is 0 Å². The van der Waals surface area contributed by atoms with E-state index in [1.165, 1.54) is 12.8 Å². The average molecular weight is 207 g/mol. The van der Waals surface area contributed by atoms with Crippen LogP contribution in [0, 0.1) is 5.92 Å². The van der Waals surface area contributed by atoms with Gasteiger partial charge >= 0.3 is 0 Å². The van der Waals surface area contributed by atoms with Crippen LogP contribution in [0.5, 0.6) is 0 Å². The van der Waals surface area contributed by atoms with Gasteiger partial charge in [-0.1, -0.05) is 44.1 Å². The van der Waals surface area contributed by atoms with Gasteiger partial charge in [-0.15, -0.1) is 0 Å². The molecule has 13 heavy (non-hydrogen) atoms. The maximum Gasteiger partial charge on any atom is 0.294 e. The van der Waals surface area contributed by atoms with Crippen molar-refractivity contribution in [2.24, 2.45) is 5.92 Å². The van der Waals surface area contributed by atoms with Crippen LogP contribution in [0.2, 0.25) is 0 Å². The van der Waals surface area contributed by atoms with Crippen molar-refractivity contribution >= 4 is 10.1 Å². The van der Waals surface area contributed by atoms with Gasteiger partial charge in [0.15, 0.2) is 0 Å². The number of rotatable bonds is 7. The van der Waals surface area contributed by atoms with Crippen molar-refractivity contribution in [3.8, 4) is 0 Å². The lowest BCUT2D eigenvalue weighted by Gasteiger charge is -2.08. The van der Waals surface area contributed by atoms with Gasteiger partial charge in [-0.3, -0.25) is 0 Å². The molecule has 0 aromatic heterocycles. The van der Waals surface area contributed by atoms with Crippen molar-refractivity contribution < 1.29 is 13.0 Å². The molecule has 0 aliphatic carbocycles. The highest BCUT2D eigenvalue weighted by molar-refractivity contribution is 7.85. The Hall–Kier alpha value is -0.0900.